The van der Waals surface area contributed by atoms with E-state index in [1.54, 1.807) is 25.7 Å². The Morgan fingerprint density at radius 1 is 1.13 bits per heavy atom. The molecular weight excluding hydrogens is 428 g/mol. The maximum absolute atomic E-state index is 12.3. The smallest absolute Gasteiger partial charge is 0.338 e. The van der Waals surface area contributed by atoms with E-state index in [2.05, 4.69) is 9.71 Å². The number of carbonyl (C=O) groups excluding carboxylic acids is 1. The van der Waals surface area contributed by atoms with Crippen LogP contribution in [0.3, 0.4) is 0 Å². The highest BCUT2D eigenvalue weighted by atomic mass is 32.2. The predicted octanol–water partition coefficient (Wildman–Crippen LogP) is 3.09. The van der Waals surface area contributed by atoms with Crippen molar-refractivity contribution >= 4 is 27.3 Å². The highest BCUT2D eigenvalue weighted by Gasteiger charge is 2.17. The van der Waals surface area contributed by atoms with Gasteiger partial charge in [0.1, 0.15) is 11.6 Å². The first-order chi connectivity index (χ1) is 14.4. The second kappa shape index (κ2) is 9.24. The van der Waals surface area contributed by atoms with E-state index in [-0.39, 0.29) is 17.1 Å². The number of sulfonamides is 1. The number of hydrogen-bond donors (Lipinski definition) is 1. The van der Waals surface area contributed by atoms with Crippen LogP contribution in [0.1, 0.15) is 16.1 Å². The number of methoxy groups -OCH3 is 2. The molecule has 2 aromatic carbocycles. The van der Waals surface area contributed by atoms with Crippen LogP contribution in [0.5, 0.6) is 11.5 Å². The zero-order chi connectivity index (χ0) is 21.7. The molecule has 3 rings (SSSR count). The summed E-state index contributed by atoms with van der Waals surface area (Å²) in [6, 6.07) is 11.1. The van der Waals surface area contributed by atoms with Crippen LogP contribution < -0.4 is 14.2 Å². The SMILES string of the molecule is CNS(=O)(=O)c1cccc(C(=O)OCc2csc(-c3cccc(OC)c3OC)n2)c1. The number of aromatic nitrogens is 1. The van der Waals surface area contributed by atoms with Gasteiger partial charge in [-0.15, -0.1) is 11.3 Å². The zero-order valence-electron chi connectivity index (χ0n) is 16.5. The largest absolute Gasteiger partial charge is 0.493 e. The van der Waals surface area contributed by atoms with E-state index in [4.69, 9.17) is 14.2 Å². The minimum Gasteiger partial charge on any atom is -0.493 e. The maximum Gasteiger partial charge on any atom is 0.338 e. The van der Waals surface area contributed by atoms with E-state index in [1.165, 1.54) is 42.6 Å². The van der Waals surface area contributed by atoms with Crippen molar-refractivity contribution in [3.05, 3.63) is 59.1 Å². The number of esters is 1. The molecule has 158 valence electrons. The lowest BCUT2D eigenvalue weighted by atomic mass is 10.2. The van der Waals surface area contributed by atoms with E-state index in [0.29, 0.717) is 22.2 Å². The summed E-state index contributed by atoms with van der Waals surface area (Å²) in [5.74, 6) is 0.520. The molecular formula is C20H20N2O6S2. The summed E-state index contributed by atoms with van der Waals surface area (Å²) in [5, 5.41) is 2.47. The minimum atomic E-state index is -3.65. The topological polar surface area (TPSA) is 104 Å². The molecule has 0 amide bonds. The van der Waals surface area contributed by atoms with Gasteiger partial charge >= 0.3 is 5.97 Å². The highest BCUT2D eigenvalue weighted by Crippen LogP contribution is 2.39. The van der Waals surface area contributed by atoms with E-state index < -0.39 is 16.0 Å². The minimum absolute atomic E-state index is 0.0134. The molecule has 8 nitrogen and oxygen atoms in total. The second-order valence-electron chi connectivity index (χ2n) is 6.00. The summed E-state index contributed by atoms with van der Waals surface area (Å²) in [7, 11) is 0.768. The van der Waals surface area contributed by atoms with E-state index in [9.17, 15) is 13.2 Å². The van der Waals surface area contributed by atoms with Crippen molar-refractivity contribution < 1.29 is 27.4 Å². The average Bonchev–Trinajstić information content (AvgIpc) is 3.25. The van der Waals surface area contributed by atoms with Gasteiger partial charge in [-0.3, -0.25) is 0 Å². The summed E-state index contributed by atoms with van der Waals surface area (Å²) >= 11 is 1.38. The monoisotopic (exact) mass is 448 g/mol. The number of hydrogen-bond acceptors (Lipinski definition) is 8. The Kier molecular flexibility index (Phi) is 6.70. The molecule has 0 aliphatic rings. The van der Waals surface area contributed by atoms with Crippen LogP contribution in [0, 0.1) is 0 Å². The van der Waals surface area contributed by atoms with Gasteiger partial charge in [0.15, 0.2) is 11.5 Å². The fraction of sp³-hybridized carbons (Fsp3) is 0.200. The molecule has 0 atom stereocenters. The van der Waals surface area contributed by atoms with Crippen molar-refractivity contribution in [3.63, 3.8) is 0 Å². The van der Waals surface area contributed by atoms with Crippen molar-refractivity contribution in [1.82, 2.24) is 9.71 Å². The van der Waals surface area contributed by atoms with Gasteiger partial charge in [-0.1, -0.05) is 12.1 Å². The summed E-state index contributed by atoms with van der Waals surface area (Å²) < 4.78 is 42.1. The van der Waals surface area contributed by atoms with Crippen molar-refractivity contribution in [2.75, 3.05) is 21.3 Å². The van der Waals surface area contributed by atoms with Gasteiger partial charge in [0.05, 0.1) is 35.9 Å². The molecule has 0 saturated carbocycles. The molecule has 0 bridgehead atoms. The zero-order valence-corrected chi connectivity index (χ0v) is 18.2. The fourth-order valence-electron chi connectivity index (χ4n) is 2.68. The maximum atomic E-state index is 12.3. The van der Waals surface area contributed by atoms with Crippen LogP contribution >= 0.6 is 11.3 Å². The van der Waals surface area contributed by atoms with E-state index in [0.717, 1.165) is 5.56 Å². The summed E-state index contributed by atoms with van der Waals surface area (Å²) in [5.41, 5.74) is 1.47. The quantitative estimate of drug-likeness (QED) is 0.528. The summed E-state index contributed by atoms with van der Waals surface area (Å²) in [6.07, 6.45) is 0. The standard InChI is InChI=1S/C20H20N2O6S2/c1-21-30(24,25)15-7-4-6-13(10-15)20(23)28-11-14-12-29-19(22-14)16-8-5-9-17(26-2)18(16)27-3/h4-10,12,21H,11H2,1-3H3. The van der Waals surface area contributed by atoms with Crippen LogP contribution in [-0.4, -0.2) is 40.6 Å². The average molecular weight is 449 g/mol. The van der Waals surface area contributed by atoms with Gasteiger partial charge in [0.2, 0.25) is 10.0 Å². The van der Waals surface area contributed by atoms with Gasteiger partial charge < -0.3 is 14.2 Å². The Labute approximate surface area is 178 Å². The van der Waals surface area contributed by atoms with Gasteiger partial charge in [0, 0.05) is 5.38 Å². The lowest BCUT2D eigenvalue weighted by Crippen LogP contribution is -2.19. The molecule has 1 heterocycles. The van der Waals surface area contributed by atoms with Crippen molar-refractivity contribution in [2.24, 2.45) is 0 Å². The third-order valence-electron chi connectivity index (χ3n) is 4.19. The lowest BCUT2D eigenvalue weighted by Gasteiger charge is -2.10. The normalized spacial score (nSPS) is 11.2. The van der Waals surface area contributed by atoms with Crippen LogP contribution in [-0.2, 0) is 21.4 Å². The predicted molar refractivity (Wildman–Crippen MR) is 112 cm³/mol. The van der Waals surface area contributed by atoms with Crippen molar-refractivity contribution in [3.8, 4) is 22.1 Å². The van der Waals surface area contributed by atoms with Crippen LogP contribution in [0.2, 0.25) is 0 Å². The first kappa shape index (κ1) is 21.8. The number of carbonyl (C=O) groups is 1. The first-order valence-corrected chi connectivity index (χ1v) is 11.1. The number of benzene rings is 2. The van der Waals surface area contributed by atoms with Crippen LogP contribution in [0.25, 0.3) is 10.6 Å². The Hall–Kier alpha value is -2.95. The lowest BCUT2D eigenvalue weighted by molar-refractivity contribution is 0.0468. The molecule has 0 aliphatic carbocycles. The number of para-hydroxylation sites is 1. The second-order valence-corrected chi connectivity index (χ2v) is 8.74. The van der Waals surface area contributed by atoms with Gasteiger partial charge in [-0.2, -0.15) is 0 Å². The number of ether oxygens (including phenoxy) is 3. The van der Waals surface area contributed by atoms with Gasteiger partial charge in [-0.25, -0.2) is 22.9 Å². The third-order valence-corrected chi connectivity index (χ3v) is 6.52. The molecule has 1 aromatic heterocycles. The molecule has 1 N–H and O–H groups in total. The Bertz CT molecular complexity index is 1160. The third kappa shape index (κ3) is 4.61. The number of nitrogens with one attached hydrogen (secondary N) is 1. The number of nitrogens with zero attached hydrogens (tertiary/aromatic N) is 1. The number of rotatable bonds is 8. The molecule has 0 unspecified atom stereocenters. The Balaban J connectivity index is 1.74. The van der Waals surface area contributed by atoms with E-state index in [1.807, 2.05) is 12.1 Å². The van der Waals surface area contributed by atoms with Crippen LogP contribution in [0.4, 0.5) is 0 Å². The molecule has 0 saturated heterocycles. The first-order valence-electron chi connectivity index (χ1n) is 8.76. The fourth-order valence-corrected chi connectivity index (χ4v) is 4.29. The molecule has 0 aliphatic heterocycles. The van der Waals surface area contributed by atoms with Gasteiger partial charge in [-0.05, 0) is 37.4 Å². The molecule has 10 heteroatoms. The van der Waals surface area contributed by atoms with E-state index >= 15 is 0 Å². The summed E-state index contributed by atoms with van der Waals surface area (Å²) in [6.45, 7) is -0.0510. The molecule has 0 fully saturated rings. The highest BCUT2D eigenvalue weighted by molar-refractivity contribution is 7.89. The van der Waals surface area contributed by atoms with Crippen molar-refractivity contribution in [2.45, 2.75) is 11.5 Å². The van der Waals surface area contributed by atoms with Gasteiger partial charge in [0.25, 0.3) is 0 Å². The molecule has 3 aromatic rings. The Morgan fingerprint density at radius 2 is 1.90 bits per heavy atom. The van der Waals surface area contributed by atoms with Crippen LogP contribution in [0.15, 0.2) is 52.7 Å². The summed E-state index contributed by atoms with van der Waals surface area (Å²) in [4.78, 5) is 16.8. The molecule has 0 spiro atoms. The Morgan fingerprint density at radius 3 is 2.60 bits per heavy atom. The van der Waals surface area contributed by atoms with Crippen molar-refractivity contribution in [1.29, 1.82) is 0 Å². The molecule has 0 radical (unpaired) electrons. The molecule has 30 heavy (non-hydrogen) atoms. The number of thiazole rings is 1.